The molecule has 1 fully saturated rings. The molecule has 2 heterocycles. The van der Waals surface area contributed by atoms with Crippen LogP contribution in [0.4, 0.5) is 14.9 Å². The van der Waals surface area contributed by atoms with E-state index in [1.807, 2.05) is 18.2 Å². The number of carbonyl (C=O) groups is 1. The maximum absolute atomic E-state index is 13.1. The number of fused-ring (bicyclic) bond motifs is 1. The molecule has 1 aromatic heterocycles. The van der Waals surface area contributed by atoms with Crippen LogP contribution >= 0.6 is 0 Å². The molecule has 0 aliphatic carbocycles. The Bertz CT molecular complexity index is 901. The number of aromatic nitrogens is 2. The van der Waals surface area contributed by atoms with Gasteiger partial charge in [-0.1, -0.05) is 0 Å². The number of H-pyrrole nitrogens is 1. The van der Waals surface area contributed by atoms with Gasteiger partial charge in [0, 0.05) is 29.7 Å². The van der Waals surface area contributed by atoms with Crippen molar-refractivity contribution in [1.82, 2.24) is 15.1 Å². The third-order valence-corrected chi connectivity index (χ3v) is 4.23. The molecule has 6 nitrogen and oxygen atoms in total. The van der Waals surface area contributed by atoms with E-state index in [1.165, 1.54) is 12.1 Å². The summed E-state index contributed by atoms with van der Waals surface area (Å²) in [5.41, 5.74) is 3.07. The largest absolute Gasteiger partial charge is 0.378 e. The number of hydrogen-bond donors (Lipinski definition) is 2. The van der Waals surface area contributed by atoms with Crippen molar-refractivity contribution in [2.24, 2.45) is 0 Å². The molecule has 1 aliphatic heterocycles. The lowest BCUT2D eigenvalue weighted by molar-refractivity contribution is 0.0564. The third-order valence-electron chi connectivity index (χ3n) is 4.23. The Morgan fingerprint density at radius 2 is 1.92 bits per heavy atom. The normalized spacial score (nSPS) is 14.7. The molecule has 25 heavy (non-hydrogen) atoms. The number of hydrogen-bond acceptors (Lipinski definition) is 3. The van der Waals surface area contributed by atoms with Gasteiger partial charge in [0.05, 0.1) is 24.4 Å². The standard InChI is InChI=1S/C18H17FN4O2/c19-13-3-1-12(2-4-13)17-15-11-14(5-6-16(15)21-22-17)20-18(24)23-7-9-25-10-8-23/h1-6,11H,7-10H2,(H,20,24)(H,21,22). The molecule has 2 aromatic carbocycles. The molecular formula is C18H17FN4O2. The van der Waals surface area contributed by atoms with Crippen LogP contribution < -0.4 is 5.32 Å². The number of aromatic amines is 1. The van der Waals surface area contributed by atoms with Gasteiger partial charge in [0.25, 0.3) is 0 Å². The molecule has 1 saturated heterocycles. The lowest BCUT2D eigenvalue weighted by atomic mass is 10.1. The van der Waals surface area contributed by atoms with E-state index in [9.17, 15) is 9.18 Å². The predicted octanol–water partition coefficient (Wildman–Crippen LogP) is 3.23. The van der Waals surface area contributed by atoms with Crippen LogP contribution in [-0.4, -0.2) is 47.4 Å². The van der Waals surface area contributed by atoms with Crippen molar-refractivity contribution in [2.45, 2.75) is 0 Å². The van der Waals surface area contributed by atoms with Gasteiger partial charge in [-0.25, -0.2) is 9.18 Å². The summed E-state index contributed by atoms with van der Waals surface area (Å²) in [5, 5.41) is 11.1. The molecule has 7 heteroatoms. The summed E-state index contributed by atoms with van der Waals surface area (Å²) in [6, 6.07) is 11.6. The Morgan fingerprint density at radius 3 is 2.68 bits per heavy atom. The van der Waals surface area contributed by atoms with E-state index in [2.05, 4.69) is 15.5 Å². The Hall–Kier alpha value is -2.93. The fourth-order valence-electron chi connectivity index (χ4n) is 2.89. The fraction of sp³-hybridized carbons (Fsp3) is 0.222. The van der Waals surface area contributed by atoms with E-state index in [4.69, 9.17) is 4.74 Å². The molecule has 128 valence electrons. The fourth-order valence-corrected chi connectivity index (χ4v) is 2.89. The molecule has 0 spiro atoms. The topological polar surface area (TPSA) is 70.2 Å². The van der Waals surface area contributed by atoms with Crippen LogP contribution in [-0.2, 0) is 4.74 Å². The minimum atomic E-state index is -0.290. The maximum Gasteiger partial charge on any atom is 0.321 e. The first kappa shape index (κ1) is 15.6. The summed E-state index contributed by atoms with van der Waals surface area (Å²) in [6.07, 6.45) is 0. The number of amides is 2. The Morgan fingerprint density at radius 1 is 1.16 bits per heavy atom. The van der Waals surface area contributed by atoms with Gasteiger partial charge < -0.3 is 15.0 Å². The Balaban J connectivity index is 1.61. The number of urea groups is 1. The first-order valence-electron chi connectivity index (χ1n) is 8.08. The van der Waals surface area contributed by atoms with Crippen molar-refractivity contribution < 1.29 is 13.9 Å². The number of nitrogens with zero attached hydrogens (tertiary/aromatic N) is 2. The summed E-state index contributed by atoms with van der Waals surface area (Å²) >= 11 is 0. The van der Waals surface area contributed by atoms with Gasteiger partial charge in [0.2, 0.25) is 0 Å². The number of carbonyl (C=O) groups excluding carboxylic acids is 1. The average Bonchev–Trinajstić information content (AvgIpc) is 3.06. The van der Waals surface area contributed by atoms with Gasteiger partial charge >= 0.3 is 6.03 Å². The number of halogens is 1. The predicted molar refractivity (Wildman–Crippen MR) is 92.9 cm³/mol. The molecule has 0 atom stereocenters. The first-order chi connectivity index (χ1) is 12.2. The van der Waals surface area contributed by atoms with Gasteiger partial charge in [0.1, 0.15) is 5.82 Å². The molecule has 1 aliphatic rings. The summed E-state index contributed by atoms with van der Waals surface area (Å²) in [4.78, 5) is 14.1. The van der Waals surface area contributed by atoms with Crippen LogP contribution in [0.5, 0.6) is 0 Å². The van der Waals surface area contributed by atoms with Crippen LogP contribution in [0.3, 0.4) is 0 Å². The lowest BCUT2D eigenvalue weighted by Gasteiger charge is -2.26. The highest BCUT2D eigenvalue weighted by Gasteiger charge is 2.17. The zero-order chi connectivity index (χ0) is 17.2. The second kappa shape index (κ2) is 6.52. The van der Waals surface area contributed by atoms with E-state index in [-0.39, 0.29) is 11.8 Å². The van der Waals surface area contributed by atoms with Crippen molar-refractivity contribution in [2.75, 3.05) is 31.6 Å². The molecule has 0 radical (unpaired) electrons. The summed E-state index contributed by atoms with van der Waals surface area (Å²) in [5.74, 6) is -0.290. The van der Waals surface area contributed by atoms with Crippen molar-refractivity contribution in [3.63, 3.8) is 0 Å². The first-order valence-corrected chi connectivity index (χ1v) is 8.08. The van der Waals surface area contributed by atoms with E-state index < -0.39 is 0 Å². The van der Waals surface area contributed by atoms with Crippen LogP contribution in [0.2, 0.25) is 0 Å². The van der Waals surface area contributed by atoms with E-state index in [0.29, 0.717) is 32.0 Å². The summed E-state index contributed by atoms with van der Waals surface area (Å²) in [6.45, 7) is 2.28. The van der Waals surface area contributed by atoms with Gasteiger partial charge in [0.15, 0.2) is 0 Å². The minimum absolute atomic E-state index is 0.144. The van der Waals surface area contributed by atoms with E-state index in [1.54, 1.807) is 17.0 Å². The maximum atomic E-state index is 13.1. The average molecular weight is 340 g/mol. The number of ether oxygens (including phenoxy) is 1. The van der Waals surface area contributed by atoms with Crippen molar-refractivity contribution >= 4 is 22.6 Å². The summed E-state index contributed by atoms with van der Waals surface area (Å²) < 4.78 is 18.4. The molecule has 0 saturated carbocycles. The number of rotatable bonds is 2. The second-order valence-corrected chi connectivity index (χ2v) is 5.87. The van der Waals surface area contributed by atoms with E-state index >= 15 is 0 Å². The summed E-state index contributed by atoms with van der Waals surface area (Å²) in [7, 11) is 0. The van der Waals surface area contributed by atoms with Crippen molar-refractivity contribution in [3.8, 4) is 11.3 Å². The van der Waals surface area contributed by atoms with Crippen molar-refractivity contribution in [1.29, 1.82) is 0 Å². The molecule has 2 N–H and O–H groups in total. The van der Waals surface area contributed by atoms with Crippen LogP contribution in [0.15, 0.2) is 42.5 Å². The van der Waals surface area contributed by atoms with Gasteiger partial charge in [-0.2, -0.15) is 5.10 Å². The zero-order valence-electron chi connectivity index (χ0n) is 13.5. The van der Waals surface area contributed by atoms with Gasteiger partial charge in [-0.15, -0.1) is 0 Å². The quantitative estimate of drug-likeness (QED) is 0.752. The minimum Gasteiger partial charge on any atom is -0.378 e. The van der Waals surface area contributed by atoms with Crippen LogP contribution in [0.25, 0.3) is 22.2 Å². The van der Waals surface area contributed by atoms with E-state index in [0.717, 1.165) is 22.2 Å². The SMILES string of the molecule is O=C(Nc1ccc2[nH]nc(-c3ccc(F)cc3)c2c1)N1CCOCC1. The highest BCUT2D eigenvalue weighted by atomic mass is 19.1. The molecule has 0 bridgehead atoms. The molecule has 4 rings (SSSR count). The smallest absolute Gasteiger partial charge is 0.321 e. The molecular weight excluding hydrogens is 323 g/mol. The van der Waals surface area contributed by atoms with Crippen LogP contribution in [0, 0.1) is 5.82 Å². The molecule has 3 aromatic rings. The lowest BCUT2D eigenvalue weighted by Crippen LogP contribution is -2.43. The zero-order valence-corrected chi connectivity index (χ0v) is 13.5. The molecule has 2 amide bonds. The third kappa shape index (κ3) is 3.18. The van der Waals surface area contributed by atoms with Gasteiger partial charge in [-0.3, -0.25) is 5.10 Å². The highest BCUT2D eigenvalue weighted by molar-refractivity contribution is 5.98. The number of nitrogens with one attached hydrogen (secondary N) is 2. The number of anilines is 1. The monoisotopic (exact) mass is 340 g/mol. The van der Waals surface area contributed by atoms with Gasteiger partial charge in [-0.05, 0) is 42.5 Å². The highest BCUT2D eigenvalue weighted by Crippen LogP contribution is 2.28. The number of benzene rings is 2. The Labute approximate surface area is 143 Å². The Kier molecular flexibility index (Phi) is 4.07. The van der Waals surface area contributed by atoms with Crippen molar-refractivity contribution in [3.05, 3.63) is 48.3 Å². The van der Waals surface area contributed by atoms with Crippen LogP contribution in [0.1, 0.15) is 0 Å². The number of morpholine rings is 1. The second-order valence-electron chi connectivity index (χ2n) is 5.87. The molecule has 0 unspecified atom stereocenters.